The normalized spacial score (nSPS) is 20.3. The summed E-state index contributed by atoms with van der Waals surface area (Å²) in [6.45, 7) is 5.30. The Hall–Kier alpha value is -2.81. The SMILES string of the molecule is Cc1ccc(C2=C(Cl)C(=CCN3CCCCC3)C(c3ccccc3)c3ccccc3O2)cc1. The van der Waals surface area contributed by atoms with Crippen molar-refractivity contribution in [2.24, 2.45) is 0 Å². The standard InChI is InChI=1S/C30H30ClNO/c1-22-14-16-24(17-15-22)30-29(31)26(18-21-32-19-8-3-9-20-32)28(23-10-4-2-5-11-23)25-12-6-7-13-27(25)33-30/h2,4-7,10-18,28H,3,8-9,19-21H2,1H3. The number of aryl methyl sites for hydroxylation is 1. The predicted octanol–water partition coefficient (Wildman–Crippen LogP) is 7.54. The molecule has 3 heteroatoms. The molecule has 0 radical (unpaired) electrons. The van der Waals surface area contributed by atoms with Gasteiger partial charge < -0.3 is 4.74 Å². The topological polar surface area (TPSA) is 12.5 Å². The first kappa shape index (κ1) is 22.0. The first-order valence-electron chi connectivity index (χ1n) is 11.9. The summed E-state index contributed by atoms with van der Waals surface area (Å²) in [7, 11) is 0. The number of rotatable bonds is 4. The van der Waals surface area contributed by atoms with E-state index in [0.29, 0.717) is 5.03 Å². The van der Waals surface area contributed by atoms with E-state index in [9.17, 15) is 0 Å². The summed E-state index contributed by atoms with van der Waals surface area (Å²) in [6, 6.07) is 27.4. The number of para-hydroxylation sites is 1. The number of piperidine rings is 1. The third-order valence-corrected chi connectivity index (χ3v) is 7.06. The third kappa shape index (κ3) is 4.78. The molecule has 0 aromatic heterocycles. The molecule has 0 saturated carbocycles. The Morgan fingerprint density at radius 3 is 2.33 bits per heavy atom. The van der Waals surface area contributed by atoms with Crippen LogP contribution in [0, 0.1) is 6.92 Å². The molecule has 3 aromatic rings. The molecule has 1 unspecified atom stereocenters. The molecule has 2 heterocycles. The fourth-order valence-corrected chi connectivity index (χ4v) is 5.20. The van der Waals surface area contributed by atoms with Crippen molar-refractivity contribution in [1.29, 1.82) is 0 Å². The van der Waals surface area contributed by atoms with Crippen molar-refractivity contribution in [2.45, 2.75) is 32.1 Å². The first-order valence-corrected chi connectivity index (χ1v) is 12.3. The highest BCUT2D eigenvalue weighted by atomic mass is 35.5. The minimum Gasteiger partial charge on any atom is -0.455 e. The number of benzene rings is 3. The molecule has 168 valence electrons. The maximum atomic E-state index is 7.25. The van der Waals surface area contributed by atoms with Crippen LogP contribution in [0.5, 0.6) is 5.75 Å². The van der Waals surface area contributed by atoms with Gasteiger partial charge in [-0.3, -0.25) is 4.90 Å². The zero-order chi connectivity index (χ0) is 22.6. The Bertz CT molecular complexity index is 1160. The molecular formula is C30H30ClNO. The van der Waals surface area contributed by atoms with Crippen molar-refractivity contribution in [2.75, 3.05) is 19.6 Å². The molecule has 33 heavy (non-hydrogen) atoms. The lowest BCUT2D eigenvalue weighted by atomic mass is 9.83. The smallest absolute Gasteiger partial charge is 0.153 e. The van der Waals surface area contributed by atoms with E-state index in [1.165, 1.54) is 30.4 Å². The van der Waals surface area contributed by atoms with Crippen LogP contribution in [0.4, 0.5) is 0 Å². The van der Waals surface area contributed by atoms with Crippen LogP contribution in [0.2, 0.25) is 0 Å². The number of likely N-dealkylation sites (tertiary alicyclic amines) is 1. The predicted molar refractivity (Wildman–Crippen MR) is 138 cm³/mol. The minimum absolute atomic E-state index is 0.0163. The van der Waals surface area contributed by atoms with Crippen LogP contribution in [0.15, 0.2) is 95.5 Å². The van der Waals surface area contributed by atoms with E-state index in [1.807, 2.05) is 6.07 Å². The maximum absolute atomic E-state index is 7.25. The summed E-state index contributed by atoms with van der Waals surface area (Å²) in [6.07, 6.45) is 6.22. The highest BCUT2D eigenvalue weighted by Gasteiger charge is 2.31. The van der Waals surface area contributed by atoms with Gasteiger partial charge in [-0.2, -0.15) is 0 Å². The van der Waals surface area contributed by atoms with E-state index in [4.69, 9.17) is 16.3 Å². The van der Waals surface area contributed by atoms with Crippen molar-refractivity contribution in [3.63, 3.8) is 0 Å². The molecule has 2 nitrogen and oxygen atoms in total. The molecule has 0 bridgehead atoms. The van der Waals surface area contributed by atoms with E-state index < -0.39 is 0 Å². The summed E-state index contributed by atoms with van der Waals surface area (Å²) in [5.41, 5.74) is 5.70. The van der Waals surface area contributed by atoms with Crippen LogP contribution < -0.4 is 4.74 Å². The number of ether oxygens (including phenoxy) is 1. The quantitative estimate of drug-likeness (QED) is 0.403. The maximum Gasteiger partial charge on any atom is 0.153 e. The lowest BCUT2D eigenvalue weighted by Crippen LogP contribution is -2.30. The summed E-state index contributed by atoms with van der Waals surface area (Å²) >= 11 is 7.25. The molecule has 1 fully saturated rings. The van der Waals surface area contributed by atoms with Crippen molar-refractivity contribution < 1.29 is 4.74 Å². The summed E-state index contributed by atoms with van der Waals surface area (Å²) in [4.78, 5) is 2.53. The zero-order valence-electron chi connectivity index (χ0n) is 19.1. The minimum atomic E-state index is 0.0163. The monoisotopic (exact) mass is 455 g/mol. The van der Waals surface area contributed by atoms with Gasteiger partial charge in [-0.05, 0) is 50.1 Å². The van der Waals surface area contributed by atoms with E-state index in [-0.39, 0.29) is 5.92 Å². The largest absolute Gasteiger partial charge is 0.455 e. The van der Waals surface area contributed by atoms with Crippen LogP contribution in [-0.2, 0) is 0 Å². The van der Waals surface area contributed by atoms with Gasteiger partial charge in [0.2, 0.25) is 0 Å². The van der Waals surface area contributed by atoms with Gasteiger partial charge in [0.15, 0.2) is 5.76 Å². The second-order valence-corrected chi connectivity index (χ2v) is 9.39. The number of fused-ring (bicyclic) bond motifs is 1. The van der Waals surface area contributed by atoms with Gasteiger partial charge in [-0.25, -0.2) is 0 Å². The molecule has 3 aromatic carbocycles. The number of hydrogen-bond acceptors (Lipinski definition) is 2. The fraction of sp³-hybridized carbons (Fsp3) is 0.267. The molecule has 1 atom stereocenters. The highest BCUT2D eigenvalue weighted by Crippen LogP contribution is 2.47. The summed E-state index contributed by atoms with van der Waals surface area (Å²) in [5.74, 6) is 1.61. The number of nitrogens with zero attached hydrogens (tertiary/aromatic N) is 1. The average Bonchev–Trinajstić information content (AvgIpc) is 2.99. The van der Waals surface area contributed by atoms with Gasteiger partial charge in [-0.15, -0.1) is 0 Å². The van der Waals surface area contributed by atoms with Gasteiger partial charge in [0.1, 0.15) is 5.75 Å². The van der Waals surface area contributed by atoms with E-state index in [1.54, 1.807) is 0 Å². The molecule has 0 amide bonds. The molecule has 2 aliphatic rings. The van der Waals surface area contributed by atoms with Crippen LogP contribution in [0.25, 0.3) is 5.76 Å². The van der Waals surface area contributed by atoms with E-state index >= 15 is 0 Å². The number of hydrogen-bond donors (Lipinski definition) is 0. The van der Waals surface area contributed by atoms with Gasteiger partial charge in [0.05, 0.1) is 5.03 Å². The summed E-state index contributed by atoms with van der Waals surface area (Å²) < 4.78 is 6.56. The number of halogens is 1. The zero-order valence-corrected chi connectivity index (χ0v) is 19.9. The molecule has 5 rings (SSSR count). The second-order valence-electron chi connectivity index (χ2n) is 9.01. The van der Waals surface area contributed by atoms with Crippen LogP contribution in [0.1, 0.15) is 47.4 Å². The van der Waals surface area contributed by atoms with Gasteiger partial charge in [-0.1, -0.05) is 102 Å². The molecule has 0 aliphatic carbocycles. The Morgan fingerprint density at radius 1 is 0.879 bits per heavy atom. The fourth-order valence-electron chi connectivity index (χ4n) is 4.86. The van der Waals surface area contributed by atoms with Gasteiger partial charge in [0.25, 0.3) is 0 Å². The number of allylic oxidation sites excluding steroid dienone is 2. The van der Waals surface area contributed by atoms with Gasteiger partial charge in [0, 0.05) is 23.6 Å². The Labute approximate surface area is 202 Å². The molecule has 0 N–H and O–H groups in total. The van der Waals surface area contributed by atoms with Crippen molar-refractivity contribution >= 4 is 17.4 Å². The molecule has 0 spiro atoms. The van der Waals surface area contributed by atoms with Crippen LogP contribution in [-0.4, -0.2) is 24.5 Å². The lowest BCUT2D eigenvalue weighted by Gasteiger charge is -2.26. The molecule has 2 aliphatic heterocycles. The van der Waals surface area contributed by atoms with Crippen LogP contribution >= 0.6 is 11.6 Å². The van der Waals surface area contributed by atoms with Crippen molar-refractivity contribution in [3.8, 4) is 5.75 Å². The van der Waals surface area contributed by atoms with Crippen LogP contribution in [0.3, 0.4) is 0 Å². The third-order valence-electron chi connectivity index (χ3n) is 6.67. The molecular weight excluding hydrogens is 426 g/mol. The Morgan fingerprint density at radius 2 is 1.58 bits per heavy atom. The Balaban J connectivity index is 1.68. The highest BCUT2D eigenvalue weighted by molar-refractivity contribution is 6.35. The first-order chi connectivity index (χ1) is 16.2. The summed E-state index contributed by atoms with van der Waals surface area (Å²) in [5, 5.41) is 0.695. The lowest BCUT2D eigenvalue weighted by molar-refractivity contribution is 0.251. The second kappa shape index (κ2) is 9.99. The average molecular weight is 456 g/mol. The van der Waals surface area contributed by atoms with Crippen molar-refractivity contribution in [3.05, 3.63) is 118 Å². The van der Waals surface area contributed by atoms with Gasteiger partial charge >= 0.3 is 0 Å². The van der Waals surface area contributed by atoms with E-state index in [2.05, 4.69) is 90.7 Å². The molecule has 1 saturated heterocycles. The van der Waals surface area contributed by atoms with E-state index in [0.717, 1.165) is 47.8 Å². The Kier molecular flexibility index (Phi) is 6.66. The van der Waals surface area contributed by atoms with Crippen molar-refractivity contribution in [1.82, 2.24) is 4.90 Å².